The summed E-state index contributed by atoms with van der Waals surface area (Å²) in [6.45, 7) is 1.93. The van der Waals surface area contributed by atoms with Gasteiger partial charge in [0.15, 0.2) is 9.84 Å². The Morgan fingerprint density at radius 1 is 1.14 bits per heavy atom. The zero-order valence-corrected chi connectivity index (χ0v) is 17.9. The van der Waals surface area contributed by atoms with Gasteiger partial charge < -0.3 is 10.6 Å². The van der Waals surface area contributed by atoms with Crippen molar-refractivity contribution in [2.24, 2.45) is 0 Å². The van der Waals surface area contributed by atoms with Gasteiger partial charge in [0.05, 0.1) is 17.1 Å². The predicted molar refractivity (Wildman–Crippen MR) is 115 cm³/mol. The molecule has 0 bridgehead atoms. The molecule has 8 heteroatoms. The van der Waals surface area contributed by atoms with E-state index in [2.05, 4.69) is 10.6 Å². The zero-order valence-electron chi connectivity index (χ0n) is 16.3. The summed E-state index contributed by atoms with van der Waals surface area (Å²) in [5.74, 6) is -0.442. The molecule has 1 aromatic heterocycles. The number of aryl methyl sites for hydroxylation is 2. The van der Waals surface area contributed by atoms with Crippen molar-refractivity contribution >= 4 is 38.0 Å². The topological polar surface area (TPSA) is 92.3 Å². The normalized spacial score (nSPS) is 20.1. The smallest absolute Gasteiger partial charge is 0.256 e. The molecule has 2 N–H and O–H groups in total. The van der Waals surface area contributed by atoms with E-state index in [9.17, 15) is 18.0 Å². The maximum absolute atomic E-state index is 13.1. The van der Waals surface area contributed by atoms with Crippen molar-refractivity contribution in [3.05, 3.63) is 51.4 Å². The van der Waals surface area contributed by atoms with Crippen LogP contribution in [-0.4, -0.2) is 37.8 Å². The van der Waals surface area contributed by atoms with Gasteiger partial charge in [0.25, 0.3) is 11.8 Å². The van der Waals surface area contributed by atoms with E-state index in [-0.39, 0.29) is 29.4 Å². The van der Waals surface area contributed by atoms with Crippen molar-refractivity contribution in [3.63, 3.8) is 0 Å². The molecule has 0 radical (unpaired) electrons. The third kappa shape index (κ3) is 4.38. The number of amides is 2. The van der Waals surface area contributed by atoms with E-state index in [1.807, 2.05) is 25.1 Å². The molecule has 2 aromatic rings. The van der Waals surface area contributed by atoms with Crippen LogP contribution in [0, 0.1) is 6.92 Å². The number of hydrogen-bond acceptors (Lipinski definition) is 5. The maximum Gasteiger partial charge on any atom is 0.256 e. The number of carbonyl (C=O) groups excluding carboxylic acids is 2. The van der Waals surface area contributed by atoms with Crippen LogP contribution in [0.15, 0.2) is 24.3 Å². The summed E-state index contributed by atoms with van der Waals surface area (Å²) >= 11 is 1.46. The van der Waals surface area contributed by atoms with Gasteiger partial charge in [-0.3, -0.25) is 9.59 Å². The molecule has 1 aromatic carbocycles. The Labute approximate surface area is 174 Å². The minimum atomic E-state index is -3.08. The van der Waals surface area contributed by atoms with Gasteiger partial charge in [0, 0.05) is 16.5 Å². The molecule has 1 aliphatic carbocycles. The van der Waals surface area contributed by atoms with Crippen LogP contribution in [0.4, 0.5) is 5.00 Å². The van der Waals surface area contributed by atoms with Gasteiger partial charge in [-0.15, -0.1) is 11.3 Å². The van der Waals surface area contributed by atoms with Gasteiger partial charge in [0.1, 0.15) is 5.00 Å². The highest BCUT2D eigenvalue weighted by molar-refractivity contribution is 7.91. The van der Waals surface area contributed by atoms with Crippen molar-refractivity contribution < 1.29 is 18.0 Å². The average Bonchev–Trinajstić information content (AvgIpc) is 3.20. The van der Waals surface area contributed by atoms with Gasteiger partial charge in [0.2, 0.25) is 0 Å². The summed E-state index contributed by atoms with van der Waals surface area (Å²) in [7, 11) is -3.08. The van der Waals surface area contributed by atoms with Crippen molar-refractivity contribution in [1.29, 1.82) is 0 Å². The zero-order chi connectivity index (χ0) is 20.6. The first-order valence-corrected chi connectivity index (χ1v) is 12.5. The second-order valence-electron chi connectivity index (χ2n) is 7.81. The van der Waals surface area contributed by atoms with Crippen molar-refractivity contribution in [1.82, 2.24) is 5.32 Å². The lowest BCUT2D eigenvalue weighted by Crippen LogP contribution is -2.36. The van der Waals surface area contributed by atoms with E-state index in [1.54, 1.807) is 6.07 Å². The molecule has 0 saturated carbocycles. The van der Waals surface area contributed by atoms with Gasteiger partial charge in [-0.2, -0.15) is 0 Å². The number of benzene rings is 1. The van der Waals surface area contributed by atoms with Crippen LogP contribution < -0.4 is 10.6 Å². The van der Waals surface area contributed by atoms with Crippen molar-refractivity contribution in [2.45, 2.75) is 45.1 Å². The summed E-state index contributed by atoms with van der Waals surface area (Å²) in [5.41, 5.74) is 3.04. The molecule has 29 heavy (non-hydrogen) atoms. The Bertz CT molecular complexity index is 1070. The molecule has 0 spiro atoms. The van der Waals surface area contributed by atoms with Gasteiger partial charge in [-0.1, -0.05) is 17.7 Å². The Balaban J connectivity index is 1.61. The summed E-state index contributed by atoms with van der Waals surface area (Å²) in [6.07, 6.45) is 4.22. The SMILES string of the molecule is Cc1cccc(C(=O)Nc2sc3c(c2C(=O)NC2CCS(=O)(=O)C2)CCCC3)c1. The molecule has 4 rings (SSSR count). The first-order chi connectivity index (χ1) is 13.8. The lowest BCUT2D eigenvalue weighted by atomic mass is 9.95. The monoisotopic (exact) mass is 432 g/mol. The van der Waals surface area contributed by atoms with E-state index in [0.29, 0.717) is 22.5 Å². The maximum atomic E-state index is 13.1. The summed E-state index contributed by atoms with van der Waals surface area (Å²) in [4.78, 5) is 27.0. The van der Waals surface area contributed by atoms with Crippen LogP contribution in [-0.2, 0) is 22.7 Å². The third-order valence-electron chi connectivity index (χ3n) is 5.47. The molecule has 154 valence electrons. The highest BCUT2D eigenvalue weighted by atomic mass is 32.2. The van der Waals surface area contributed by atoms with Gasteiger partial charge >= 0.3 is 0 Å². The van der Waals surface area contributed by atoms with Crippen molar-refractivity contribution in [2.75, 3.05) is 16.8 Å². The molecule has 2 heterocycles. The number of hydrogen-bond donors (Lipinski definition) is 2. The van der Waals surface area contributed by atoms with E-state index < -0.39 is 9.84 Å². The minimum absolute atomic E-state index is 0.0178. The molecule has 1 atom stereocenters. The van der Waals surface area contributed by atoms with E-state index in [0.717, 1.165) is 41.7 Å². The first-order valence-electron chi connectivity index (χ1n) is 9.86. The van der Waals surface area contributed by atoms with E-state index >= 15 is 0 Å². The number of rotatable bonds is 4. The summed E-state index contributed by atoms with van der Waals surface area (Å²) in [6, 6.07) is 6.95. The van der Waals surface area contributed by atoms with Crippen LogP contribution in [0.25, 0.3) is 0 Å². The van der Waals surface area contributed by atoms with Crippen LogP contribution >= 0.6 is 11.3 Å². The lowest BCUT2D eigenvalue weighted by molar-refractivity contribution is 0.0941. The molecule has 1 unspecified atom stereocenters. The number of sulfone groups is 1. The minimum Gasteiger partial charge on any atom is -0.348 e. The number of carbonyl (C=O) groups is 2. The number of nitrogens with one attached hydrogen (secondary N) is 2. The van der Waals surface area contributed by atoms with Crippen LogP contribution in [0.1, 0.15) is 56.0 Å². The number of anilines is 1. The molecular weight excluding hydrogens is 408 g/mol. The summed E-state index contributed by atoms with van der Waals surface area (Å²) < 4.78 is 23.5. The molecule has 6 nitrogen and oxygen atoms in total. The second kappa shape index (κ2) is 7.91. The molecule has 1 fully saturated rings. The molecule has 1 saturated heterocycles. The average molecular weight is 433 g/mol. The Hall–Kier alpha value is -2.19. The molecule has 1 aliphatic heterocycles. The quantitative estimate of drug-likeness (QED) is 0.777. The highest BCUT2D eigenvalue weighted by Crippen LogP contribution is 2.38. The Morgan fingerprint density at radius 3 is 2.66 bits per heavy atom. The van der Waals surface area contributed by atoms with Crippen molar-refractivity contribution in [3.8, 4) is 0 Å². The highest BCUT2D eigenvalue weighted by Gasteiger charge is 2.32. The fraction of sp³-hybridized carbons (Fsp3) is 0.429. The fourth-order valence-electron chi connectivity index (χ4n) is 4.02. The number of fused-ring (bicyclic) bond motifs is 1. The molecular formula is C21H24N2O4S2. The number of thiophene rings is 1. The molecule has 2 aliphatic rings. The van der Waals surface area contributed by atoms with Crippen LogP contribution in [0.5, 0.6) is 0 Å². The Kier molecular flexibility index (Phi) is 5.48. The van der Waals surface area contributed by atoms with Gasteiger partial charge in [-0.05, 0) is 56.7 Å². The third-order valence-corrected chi connectivity index (χ3v) is 8.45. The van der Waals surface area contributed by atoms with Crippen LogP contribution in [0.3, 0.4) is 0 Å². The first kappa shape index (κ1) is 20.1. The second-order valence-corrected chi connectivity index (χ2v) is 11.1. The predicted octanol–water partition coefficient (Wildman–Crippen LogP) is 3.10. The van der Waals surface area contributed by atoms with Gasteiger partial charge in [-0.25, -0.2) is 8.42 Å². The lowest BCUT2D eigenvalue weighted by Gasteiger charge is -2.15. The summed E-state index contributed by atoms with van der Waals surface area (Å²) in [5, 5.41) is 6.38. The van der Waals surface area contributed by atoms with E-state index in [4.69, 9.17) is 0 Å². The largest absolute Gasteiger partial charge is 0.348 e. The van der Waals surface area contributed by atoms with E-state index in [1.165, 1.54) is 11.3 Å². The standard InChI is InChI=1S/C21H24N2O4S2/c1-13-5-4-6-14(11-13)19(24)23-21-18(16-7-2-3-8-17(16)28-21)20(25)22-15-9-10-29(26,27)12-15/h4-6,11,15H,2-3,7-10,12H2,1H3,(H,22,25)(H,23,24). The van der Waals surface area contributed by atoms with Crippen LogP contribution in [0.2, 0.25) is 0 Å². The molecule has 2 amide bonds. The Morgan fingerprint density at radius 2 is 1.93 bits per heavy atom. The fourth-order valence-corrected chi connectivity index (χ4v) is 6.98.